The smallest absolute Gasteiger partial charge is 0.306 e. The fourth-order valence-electron chi connectivity index (χ4n) is 2.85. The summed E-state index contributed by atoms with van der Waals surface area (Å²) >= 11 is 0. The van der Waals surface area contributed by atoms with E-state index in [1.165, 1.54) is 11.1 Å². The summed E-state index contributed by atoms with van der Waals surface area (Å²) < 4.78 is 5.38. The Labute approximate surface area is 144 Å². The number of benzene rings is 2. The summed E-state index contributed by atoms with van der Waals surface area (Å²) in [5, 5.41) is 0. The molecule has 0 aromatic heterocycles. The van der Waals surface area contributed by atoms with Gasteiger partial charge in [0.15, 0.2) is 0 Å². The number of esters is 1. The van der Waals surface area contributed by atoms with Crippen LogP contribution in [0.1, 0.15) is 50.7 Å². The first kappa shape index (κ1) is 18.2. The average Bonchev–Trinajstić information content (AvgIpc) is 2.54. The van der Waals surface area contributed by atoms with Gasteiger partial charge < -0.3 is 10.5 Å². The van der Waals surface area contributed by atoms with E-state index in [0.717, 1.165) is 0 Å². The predicted octanol–water partition coefficient (Wildman–Crippen LogP) is 4.27. The van der Waals surface area contributed by atoms with Gasteiger partial charge in [-0.25, -0.2) is 0 Å². The lowest BCUT2D eigenvalue weighted by Gasteiger charge is -2.26. The quantitative estimate of drug-likeness (QED) is 0.807. The van der Waals surface area contributed by atoms with Crippen molar-refractivity contribution in [1.82, 2.24) is 0 Å². The molecule has 1 atom stereocenters. The SMILES string of the molecule is CC(C)(C)OC(=O)CC[C@@H](N)C(c1ccccc1)c1ccccc1. The summed E-state index contributed by atoms with van der Waals surface area (Å²) in [4.78, 5) is 12.0. The zero-order chi connectivity index (χ0) is 17.6. The molecular formula is C21H27NO2. The number of carbonyl (C=O) groups excluding carboxylic acids is 1. The standard InChI is InChI=1S/C21H27NO2/c1-21(2,3)24-19(23)15-14-18(22)20(16-10-6-4-7-11-16)17-12-8-5-9-13-17/h4-13,18,20H,14-15,22H2,1-3H3/t18-/m1/s1. The third-order valence-electron chi connectivity index (χ3n) is 3.85. The van der Waals surface area contributed by atoms with Gasteiger partial charge in [-0.05, 0) is 38.3 Å². The van der Waals surface area contributed by atoms with E-state index < -0.39 is 5.60 Å². The Kier molecular flexibility index (Phi) is 6.16. The predicted molar refractivity (Wildman–Crippen MR) is 97.8 cm³/mol. The maximum Gasteiger partial charge on any atom is 0.306 e. The van der Waals surface area contributed by atoms with E-state index in [1.807, 2.05) is 57.2 Å². The van der Waals surface area contributed by atoms with Crippen LogP contribution in [0.2, 0.25) is 0 Å². The first-order chi connectivity index (χ1) is 11.4. The van der Waals surface area contributed by atoms with Gasteiger partial charge >= 0.3 is 5.97 Å². The molecule has 3 nitrogen and oxygen atoms in total. The van der Waals surface area contributed by atoms with Gasteiger partial charge in [0.1, 0.15) is 5.60 Å². The molecule has 0 heterocycles. The van der Waals surface area contributed by atoms with E-state index in [-0.39, 0.29) is 17.9 Å². The molecule has 0 spiro atoms. The van der Waals surface area contributed by atoms with Gasteiger partial charge in [-0.2, -0.15) is 0 Å². The van der Waals surface area contributed by atoms with Crippen molar-refractivity contribution in [2.24, 2.45) is 5.73 Å². The molecule has 0 aliphatic rings. The molecule has 0 saturated heterocycles. The Morgan fingerprint density at radius 2 is 1.42 bits per heavy atom. The van der Waals surface area contributed by atoms with Crippen molar-refractivity contribution >= 4 is 5.97 Å². The Morgan fingerprint density at radius 1 is 0.958 bits per heavy atom. The zero-order valence-corrected chi connectivity index (χ0v) is 14.7. The molecule has 0 radical (unpaired) electrons. The van der Waals surface area contributed by atoms with E-state index in [9.17, 15) is 4.79 Å². The molecule has 128 valence electrons. The normalized spacial score (nSPS) is 12.9. The molecule has 0 bridgehead atoms. The summed E-state index contributed by atoms with van der Waals surface area (Å²) in [6, 6.07) is 20.3. The van der Waals surface area contributed by atoms with Crippen LogP contribution in [0.25, 0.3) is 0 Å². The minimum absolute atomic E-state index is 0.0647. The molecule has 2 N–H and O–H groups in total. The lowest BCUT2D eigenvalue weighted by molar-refractivity contribution is -0.155. The van der Waals surface area contributed by atoms with E-state index >= 15 is 0 Å². The number of nitrogens with two attached hydrogens (primary N) is 1. The summed E-state index contributed by atoms with van der Waals surface area (Å²) in [7, 11) is 0. The highest BCUT2D eigenvalue weighted by Crippen LogP contribution is 2.29. The molecule has 0 saturated carbocycles. The van der Waals surface area contributed by atoms with Gasteiger partial charge in [-0.3, -0.25) is 4.79 Å². The van der Waals surface area contributed by atoms with Gasteiger partial charge in [-0.15, -0.1) is 0 Å². The second kappa shape index (κ2) is 8.11. The number of hydrogen-bond donors (Lipinski definition) is 1. The van der Waals surface area contributed by atoms with Crippen LogP contribution in [0.15, 0.2) is 60.7 Å². The topological polar surface area (TPSA) is 52.3 Å². The van der Waals surface area contributed by atoms with Crippen LogP contribution >= 0.6 is 0 Å². The van der Waals surface area contributed by atoms with Crippen LogP contribution in [-0.2, 0) is 9.53 Å². The Bertz CT molecular complexity index is 592. The summed E-state index contributed by atoms with van der Waals surface area (Å²) in [6.45, 7) is 5.63. The summed E-state index contributed by atoms with van der Waals surface area (Å²) in [5.41, 5.74) is 8.36. The average molecular weight is 325 g/mol. The Hall–Kier alpha value is -2.13. The number of ether oxygens (including phenoxy) is 1. The van der Waals surface area contributed by atoms with Gasteiger partial charge in [0.05, 0.1) is 0 Å². The van der Waals surface area contributed by atoms with Crippen molar-refractivity contribution in [3.05, 3.63) is 71.8 Å². The Morgan fingerprint density at radius 3 is 1.83 bits per heavy atom. The molecule has 0 aliphatic heterocycles. The molecule has 2 rings (SSSR count). The highest BCUT2D eigenvalue weighted by molar-refractivity contribution is 5.69. The maximum absolute atomic E-state index is 12.0. The highest BCUT2D eigenvalue weighted by atomic mass is 16.6. The third-order valence-corrected chi connectivity index (χ3v) is 3.85. The second-order valence-corrected chi connectivity index (χ2v) is 7.09. The van der Waals surface area contributed by atoms with Crippen molar-refractivity contribution in [3.63, 3.8) is 0 Å². The molecule has 0 unspecified atom stereocenters. The number of carbonyl (C=O) groups is 1. The molecule has 2 aromatic rings. The monoisotopic (exact) mass is 325 g/mol. The molecule has 2 aromatic carbocycles. The van der Waals surface area contributed by atoms with Crippen LogP contribution in [-0.4, -0.2) is 17.6 Å². The highest BCUT2D eigenvalue weighted by Gasteiger charge is 2.23. The maximum atomic E-state index is 12.0. The van der Waals surface area contributed by atoms with Gasteiger partial charge in [0.25, 0.3) is 0 Å². The van der Waals surface area contributed by atoms with E-state index in [0.29, 0.717) is 12.8 Å². The van der Waals surface area contributed by atoms with Gasteiger partial charge in [0, 0.05) is 18.4 Å². The molecule has 0 fully saturated rings. The summed E-state index contributed by atoms with van der Waals surface area (Å²) in [6.07, 6.45) is 0.915. The fourth-order valence-corrected chi connectivity index (χ4v) is 2.85. The molecule has 0 aliphatic carbocycles. The minimum Gasteiger partial charge on any atom is -0.460 e. The fraction of sp³-hybridized carbons (Fsp3) is 0.381. The minimum atomic E-state index is -0.459. The molecule has 0 amide bonds. The van der Waals surface area contributed by atoms with Gasteiger partial charge in [0.2, 0.25) is 0 Å². The van der Waals surface area contributed by atoms with E-state index in [2.05, 4.69) is 24.3 Å². The molecule has 3 heteroatoms. The van der Waals surface area contributed by atoms with Crippen LogP contribution in [0.3, 0.4) is 0 Å². The molecule has 24 heavy (non-hydrogen) atoms. The van der Waals surface area contributed by atoms with Crippen LogP contribution in [0.4, 0.5) is 0 Å². The van der Waals surface area contributed by atoms with Crippen molar-refractivity contribution < 1.29 is 9.53 Å². The summed E-state index contributed by atoms with van der Waals surface area (Å²) in [5.74, 6) is -0.132. The van der Waals surface area contributed by atoms with Crippen molar-refractivity contribution in [2.75, 3.05) is 0 Å². The van der Waals surface area contributed by atoms with Crippen LogP contribution < -0.4 is 5.73 Å². The van der Waals surface area contributed by atoms with Crippen molar-refractivity contribution in [1.29, 1.82) is 0 Å². The van der Waals surface area contributed by atoms with E-state index in [1.54, 1.807) is 0 Å². The molecular weight excluding hydrogens is 298 g/mol. The van der Waals surface area contributed by atoms with E-state index in [4.69, 9.17) is 10.5 Å². The lowest BCUT2D eigenvalue weighted by Crippen LogP contribution is -2.31. The lowest BCUT2D eigenvalue weighted by atomic mass is 9.83. The van der Waals surface area contributed by atoms with Crippen molar-refractivity contribution in [3.8, 4) is 0 Å². The zero-order valence-electron chi connectivity index (χ0n) is 14.7. The van der Waals surface area contributed by atoms with Gasteiger partial charge in [-0.1, -0.05) is 60.7 Å². The van der Waals surface area contributed by atoms with Crippen LogP contribution in [0.5, 0.6) is 0 Å². The number of rotatable bonds is 6. The van der Waals surface area contributed by atoms with Crippen LogP contribution in [0, 0.1) is 0 Å². The number of hydrogen-bond acceptors (Lipinski definition) is 3. The third kappa shape index (κ3) is 5.50. The first-order valence-corrected chi connectivity index (χ1v) is 8.44. The van der Waals surface area contributed by atoms with Crippen molar-refractivity contribution in [2.45, 2.75) is 51.2 Å². The largest absolute Gasteiger partial charge is 0.460 e. The Balaban J connectivity index is 2.12. The second-order valence-electron chi connectivity index (χ2n) is 7.09. The first-order valence-electron chi connectivity index (χ1n) is 8.44.